The van der Waals surface area contributed by atoms with Crippen LogP contribution >= 0.6 is 0 Å². The van der Waals surface area contributed by atoms with Gasteiger partial charge in [-0.15, -0.1) is 0 Å². The summed E-state index contributed by atoms with van der Waals surface area (Å²) in [4.78, 5) is 40.5. The molecule has 3 aliphatic rings. The van der Waals surface area contributed by atoms with Crippen LogP contribution in [0.3, 0.4) is 0 Å². The van der Waals surface area contributed by atoms with Gasteiger partial charge < -0.3 is 29.7 Å². The van der Waals surface area contributed by atoms with Crippen molar-refractivity contribution >= 4 is 24.0 Å². The van der Waals surface area contributed by atoms with Gasteiger partial charge in [0.15, 0.2) is 0 Å². The van der Waals surface area contributed by atoms with E-state index >= 15 is 0 Å². The Bertz CT molecular complexity index is 1220. The molecule has 3 amide bonds. The quantitative estimate of drug-likeness (QED) is 0.326. The third-order valence-corrected chi connectivity index (χ3v) is 9.38. The molecule has 4 rings (SSSR count). The maximum absolute atomic E-state index is 13.6. The lowest BCUT2D eigenvalue weighted by molar-refractivity contribution is -0.152. The highest BCUT2D eigenvalue weighted by Gasteiger charge is 2.45. The Morgan fingerprint density at radius 1 is 1.05 bits per heavy atom. The molecule has 238 valence electrons. The zero-order valence-electron chi connectivity index (χ0n) is 27.2. The van der Waals surface area contributed by atoms with Crippen LogP contribution in [0.4, 0.5) is 4.79 Å². The number of hydrogen-bond acceptors (Lipinski definition) is 6. The number of nitrogens with zero attached hydrogens (tertiary/aromatic N) is 1. The SMILES string of the molecule is COC(=O)[C@@H]1C[C@H](OC)CN1C(=O)[C@@H](NC(=O)NCCC(C)(C)CCCc1cc2c(cc1OC)C=CC1CC21)C(C)(C)C. The number of benzene rings is 1. The Morgan fingerprint density at radius 3 is 2.44 bits per heavy atom. The fraction of sp³-hybridized carbons (Fsp3) is 0.676. The number of ether oxygens (including phenoxy) is 3. The van der Waals surface area contributed by atoms with Crippen LogP contribution in [-0.4, -0.2) is 75.4 Å². The first-order chi connectivity index (χ1) is 20.3. The van der Waals surface area contributed by atoms with Gasteiger partial charge in [-0.25, -0.2) is 9.59 Å². The van der Waals surface area contributed by atoms with Crippen LogP contribution in [0.15, 0.2) is 18.2 Å². The number of fused-ring (bicyclic) bond motifs is 3. The van der Waals surface area contributed by atoms with Gasteiger partial charge in [-0.1, -0.05) is 52.8 Å². The Kier molecular flexibility index (Phi) is 10.1. The number of likely N-dealkylation sites (tertiary alicyclic amines) is 1. The minimum atomic E-state index is -0.823. The number of aryl methyl sites for hydroxylation is 1. The third kappa shape index (κ3) is 7.91. The summed E-state index contributed by atoms with van der Waals surface area (Å²) in [5, 5.41) is 5.84. The smallest absolute Gasteiger partial charge is 0.328 e. The van der Waals surface area contributed by atoms with Crippen LogP contribution in [0.25, 0.3) is 6.08 Å². The van der Waals surface area contributed by atoms with Gasteiger partial charge >= 0.3 is 12.0 Å². The molecule has 2 aliphatic carbocycles. The van der Waals surface area contributed by atoms with Crippen molar-refractivity contribution in [1.82, 2.24) is 15.5 Å². The van der Waals surface area contributed by atoms with Crippen molar-refractivity contribution in [3.8, 4) is 5.75 Å². The molecule has 9 heteroatoms. The van der Waals surface area contributed by atoms with E-state index in [1.165, 1.54) is 35.1 Å². The molecule has 9 nitrogen and oxygen atoms in total. The highest BCUT2D eigenvalue weighted by molar-refractivity contribution is 5.91. The molecule has 2 N–H and O–H groups in total. The summed E-state index contributed by atoms with van der Waals surface area (Å²) in [5.74, 6) is 1.56. The van der Waals surface area contributed by atoms with E-state index in [1.54, 1.807) is 14.2 Å². The van der Waals surface area contributed by atoms with Gasteiger partial charge in [-0.05, 0) is 77.5 Å². The summed E-state index contributed by atoms with van der Waals surface area (Å²) in [6.45, 7) is 10.9. The van der Waals surface area contributed by atoms with Crippen molar-refractivity contribution in [2.75, 3.05) is 34.4 Å². The van der Waals surface area contributed by atoms with E-state index in [2.05, 4.69) is 48.8 Å². The summed E-state index contributed by atoms with van der Waals surface area (Å²) < 4.78 is 16.1. The Labute approximate surface area is 257 Å². The van der Waals surface area contributed by atoms with Crippen molar-refractivity contribution in [3.63, 3.8) is 0 Å². The Morgan fingerprint density at radius 2 is 1.79 bits per heavy atom. The maximum atomic E-state index is 13.6. The molecule has 5 atom stereocenters. The van der Waals surface area contributed by atoms with Crippen LogP contribution in [0.2, 0.25) is 0 Å². The molecular formula is C34H51N3O6. The van der Waals surface area contributed by atoms with Crippen molar-refractivity contribution in [3.05, 3.63) is 34.9 Å². The van der Waals surface area contributed by atoms with Crippen LogP contribution < -0.4 is 15.4 Å². The number of carbonyl (C=O) groups is 3. The van der Waals surface area contributed by atoms with Crippen LogP contribution in [0.1, 0.15) is 89.3 Å². The van der Waals surface area contributed by atoms with Crippen molar-refractivity contribution in [2.24, 2.45) is 16.7 Å². The third-order valence-electron chi connectivity index (χ3n) is 9.38. The van der Waals surface area contributed by atoms with Crippen LogP contribution in [-0.2, 0) is 25.5 Å². The minimum Gasteiger partial charge on any atom is -0.496 e. The number of nitrogens with one attached hydrogen (secondary N) is 2. The molecule has 1 saturated heterocycles. The van der Waals surface area contributed by atoms with E-state index < -0.39 is 29.5 Å². The standard InChI is InChI=1S/C34H51N3O6/c1-33(2,3)29(30(38)37-20-24(41-6)19-27(37)31(39)43-8)36-32(40)35-15-14-34(4,5)13-9-10-23-17-26-22(18-28(23)42-7)12-11-21-16-25(21)26/h11-12,17-18,21,24-25,27,29H,9-10,13-16,19-20H2,1-8H3,(H2,35,36,40)/t21?,24-,25?,27-,29+/m0/s1. The van der Waals surface area contributed by atoms with Gasteiger partial charge in [0.25, 0.3) is 0 Å². The highest BCUT2D eigenvalue weighted by atomic mass is 16.5. The summed E-state index contributed by atoms with van der Waals surface area (Å²) in [7, 11) is 4.62. The zero-order chi connectivity index (χ0) is 31.5. The van der Waals surface area contributed by atoms with Gasteiger partial charge in [-0.2, -0.15) is 0 Å². The Balaban J connectivity index is 1.27. The van der Waals surface area contributed by atoms with E-state index in [0.717, 1.165) is 31.4 Å². The average Bonchev–Trinajstić information content (AvgIpc) is 3.63. The highest BCUT2D eigenvalue weighted by Crippen LogP contribution is 2.53. The molecule has 0 aromatic heterocycles. The molecule has 0 bridgehead atoms. The molecule has 0 radical (unpaired) electrons. The van der Waals surface area contributed by atoms with Crippen LogP contribution in [0.5, 0.6) is 5.75 Å². The van der Waals surface area contributed by atoms with E-state index in [4.69, 9.17) is 14.2 Å². The lowest BCUT2D eigenvalue weighted by Gasteiger charge is -2.35. The molecule has 1 aliphatic heterocycles. The molecule has 2 unspecified atom stereocenters. The fourth-order valence-electron chi connectivity index (χ4n) is 6.49. The molecule has 1 aromatic rings. The van der Waals surface area contributed by atoms with E-state index in [-0.39, 0.29) is 24.0 Å². The molecule has 1 aromatic carbocycles. The molecular weight excluding hydrogens is 546 g/mol. The zero-order valence-corrected chi connectivity index (χ0v) is 27.2. The first-order valence-electron chi connectivity index (χ1n) is 15.6. The number of urea groups is 1. The van der Waals surface area contributed by atoms with Crippen molar-refractivity contribution in [2.45, 2.75) is 97.2 Å². The molecule has 1 saturated carbocycles. The summed E-state index contributed by atoms with van der Waals surface area (Å²) in [6, 6.07) is 2.60. The topological polar surface area (TPSA) is 106 Å². The normalized spacial score (nSPS) is 23.2. The number of hydrogen-bond donors (Lipinski definition) is 2. The number of allylic oxidation sites excluding steroid dienone is 1. The maximum Gasteiger partial charge on any atom is 0.328 e. The van der Waals surface area contributed by atoms with Gasteiger partial charge in [-0.3, -0.25) is 4.79 Å². The van der Waals surface area contributed by atoms with Gasteiger partial charge in [0.05, 0.1) is 20.3 Å². The number of amides is 3. The summed E-state index contributed by atoms with van der Waals surface area (Å²) in [5.41, 5.74) is 3.49. The lowest BCUT2D eigenvalue weighted by atomic mass is 9.83. The van der Waals surface area contributed by atoms with E-state index in [9.17, 15) is 14.4 Å². The predicted molar refractivity (Wildman–Crippen MR) is 167 cm³/mol. The van der Waals surface area contributed by atoms with Gasteiger partial charge in [0.2, 0.25) is 5.91 Å². The van der Waals surface area contributed by atoms with E-state index in [0.29, 0.717) is 24.8 Å². The molecule has 0 spiro atoms. The molecule has 43 heavy (non-hydrogen) atoms. The summed E-state index contributed by atoms with van der Waals surface area (Å²) >= 11 is 0. The van der Waals surface area contributed by atoms with Gasteiger partial charge in [0.1, 0.15) is 17.8 Å². The Hall–Kier alpha value is -3.07. The summed E-state index contributed by atoms with van der Waals surface area (Å²) in [6.07, 6.45) is 9.72. The number of rotatable bonds is 12. The van der Waals surface area contributed by atoms with Crippen molar-refractivity contribution < 1.29 is 28.6 Å². The fourth-order valence-corrected chi connectivity index (χ4v) is 6.49. The second-order valence-corrected chi connectivity index (χ2v) is 14.2. The van der Waals surface area contributed by atoms with E-state index in [1.807, 2.05) is 20.8 Å². The number of carbonyl (C=O) groups excluding carboxylic acids is 3. The average molecular weight is 598 g/mol. The first-order valence-corrected chi connectivity index (χ1v) is 15.6. The van der Waals surface area contributed by atoms with Crippen LogP contribution in [0, 0.1) is 16.7 Å². The van der Waals surface area contributed by atoms with Gasteiger partial charge in [0, 0.05) is 26.6 Å². The molecule has 1 heterocycles. The predicted octanol–water partition coefficient (Wildman–Crippen LogP) is 5.07. The molecule has 2 fully saturated rings. The van der Waals surface area contributed by atoms with Crippen molar-refractivity contribution in [1.29, 1.82) is 0 Å². The second kappa shape index (κ2) is 13.3. The monoisotopic (exact) mass is 597 g/mol. The number of methoxy groups -OCH3 is 3. The minimum absolute atomic E-state index is 0.0246. The number of esters is 1. The first kappa shape index (κ1) is 32.8. The largest absolute Gasteiger partial charge is 0.496 e. The second-order valence-electron chi connectivity index (χ2n) is 14.2. The lowest BCUT2D eigenvalue weighted by Crippen LogP contribution is -2.58.